The summed E-state index contributed by atoms with van der Waals surface area (Å²) in [4.78, 5) is 12.5. The highest BCUT2D eigenvalue weighted by molar-refractivity contribution is 5.87. The van der Waals surface area contributed by atoms with Crippen LogP contribution in [0.15, 0.2) is 54.9 Å². The molecule has 0 saturated carbocycles. The molecule has 2 saturated heterocycles. The van der Waals surface area contributed by atoms with Gasteiger partial charge in [-0.2, -0.15) is 10.4 Å². The summed E-state index contributed by atoms with van der Waals surface area (Å²) in [6, 6.07) is 16.1. The van der Waals surface area contributed by atoms with Crippen LogP contribution in [0, 0.1) is 23.2 Å². The van der Waals surface area contributed by atoms with Crippen molar-refractivity contribution in [3.8, 4) is 28.6 Å². The number of benzene rings is 2. The van der Waals surface area contributed by atoms with Crippen LogP contribution in [0.2, 0.25) is 0 Å². The zero-order valence-corrected chi connectivity index (χ0v) is 19.3. The smallest absolute Gasteiger partial charge is 0.147 e. The molecule has 0 unspecified atom stereocenters. The lowest BCUT2D eigenvalue weighted by atomic mass is 9.92. The van der Waals surface area contributed by atoms with Crippen molar-refractivity contribution >= 4 is 16.7 Å². The molecule has 4 aromatic rings. The third kappa shape index (κ3) is 3.80. The van der Waals surface area contributed by atoms with E-state index in [1.54, 1.807) is 0 Å². The minimum atomic E-state index is 0.638. The molecular weight excluding hydrogens is 422 g/mol. The summed E-state index contributed by atoms with van der Waals surface area (Å²) >= 11 is 0. The van der Waals surface area contributed by atoms with Gasteiger partial charge in [0, 0.05) is 42.8 Å². The van der Waals surface area contributed by atoms with Crippen molar-refractivity contribution < 1.29 is 0 Å². The zero-order chi connectivity index (χ0) is 23.1. The van der Waals surface area contributed by atoms with Crippen LogP contribution in [-0.2, 0) is 7.05 Å². The van der Waals surface area contributed by atoms with E-state index in [1.165, 1.54) is 12.8 Å². The van der Waals surface area contributed by atoms with Gasteiger partial charge >= 0.3 is 0 Å². The second kappa shape index (κ2) is 8.54. The Morgan fingerprint density at radius 1 is 0.971 bits per heavy atom. The van der Waals surface area contributed by atoms with Crippen molar-refractivity contribution in [2.75, 3.05) is 31.1 Å². The SMILES string of the molecule is Cn1cc2cc(-c3ncc(N4CC[C@@H]5CNC[C@@H]5CC4)nc3-c3ccc(C#N)cc3)ccc2n1. The molecule has 2 aromatic heterocycles. The van der Waals surface area contributed by atoms with E-state index >= 15 is 0 Å². The van der Waals surface area contributed by atoms with Crippen LogP contribution in [0.25, 0.3) is 33.4 Å². The first-order chi connectivity index (χ1) is 16.7. The summed E-state index contributed by atoms with van der Waals surface area (Å²) < 4.78 is 1.83. The molecule has 7 heteroatoms. The molecule has 2 aliphatic heterocycles. The van der Waals surface area contributed by atoms with Crippen LogP contribution in [0.1, 0.15) is 18.4 Å². The minimum absolute atomic E-state index is 0.638. The van der Waals surface area contributed by atoms with Crippen LogP contribution < -0.4 is 10.2 Å². The highest BCUT2D eigenvalue weighted by Gasteiger charge is 2.30. The Labute approximate surface area is 199 Å². The van der Waals surface area contributed by atoms with E-state index in [0.717, 1.165) is 77.3 Å². The molecule has 0 bridgehead atoms. The summed E-state index contributed by atoms with van der Waals surface area (Å²) in [5, 5.41) is 18.4. The molecule has 2 aromatic carbocycles. The van der Waals surface area contributed by atoms with Crippen molar-refractivity contribution in [3.05, 3.63) is 60.4 Å². The Hall–Kier alpha value is -3.76. The van der Waals surface area contributed by atoms with Crippen LogP contribution in [0.5, 0.6) is 0 Å². The Balaban J connectivity index is 1.42. The van der Waals surface area contributed by atoms with Gasteiger partial charge in [-0.15, -0.1) is 0 Å². The van der Waals surface area contributed by atoms with Crippen molar-refractivity contribution in [1.82, 2.24) is 25.1 Å². The Morgan fingerprint density at radius 3 is 2.44 bits per heavy atom. The van der Waals surface area contributed by atoms with Gasteiger partial charge in [-0.25, -0.2) is 4.98 Å². The molecule has 0 amide bonds. The number of anilines is 1. The van der Waals surface area contributed by atoms with E-state index in [1.807, 2.05) is 54.5 Å². The van der Waals surface area contributed by atoms with E-state index in [-0.39, 0.29) is 0 Å². The van der Waals surface area contributed by atoms with E-state index in [0.29, 0.717) is 5.56 Å². The maximum absolute atomic E-state index is 9.25. The predicted octanol–water partition coefficient (Wildman–Crippen LogP) is 4.00. The average molecular weight is 450 g/mol. The third-order valence-corrected chi connectivity index (χ3v) is 7.28. The number of aromatic nitrogens is 4. The number of rotatable bonds is 3. The van der Waals surface area contributed by atoms with Crippen LogP contribution in [0.3, 0.4) is 0 Å². The van der Waals surface area contributed by atoms with E-state index in [4.69, 9.17) is 9.97 Å². The van der Waals surface area contributed by atoms with Gasteiger partial charge in [-0.3, -0.25) is 9.67 Å². The molecule has 6 rings (SSSR count). The van der Waals surface area contributed by atoms with Gasteiger partial charge in [0.05, 0.1) is 34.7 Å². The summed E-state index contributed by atoms with van der Waals surface area (Å²) in [5.74, 6) is 2.46. The summed E-state index contributed by atoms with van der Waals surface area (Å²) in [7, 11) is 1.93. The van der Waals surface area contributed by atoms with Gasteiger partial charge in [-0.05, 0) is 62.0 Å². The van der Waals surface area contributed by atoms with Gasteiger partial charge < -0.3 is 10.2 Å². The van der Waals surface area contributed by atoms with Gasteiger partial charge in [-0.1, -0.05) is 18.2 Å². The quantitative estimate of drug-likeness (QED) is 0.509. The largest absolute Gasteiger partial charge is 0.355 e. The van der Waals surface area contributed by atoms with Crippen molar-refractivity contribution in [2.24, 2.45) is 18.9 Å². The molecular formula is C27H27N7. The molecule has 0 radical (unpaired) electrons. The Kier molecular flexibility index (Phi) is 5.23. The first-order valence-electron chi connectivity index (χ1n) is 11.9. The van der Waals surface area contributed by atoms with Gasteiger partial charge in [0.25, 0.3) is 0 Å². The fourth-order valence-corrected chi connectivity index (χ4v) is 5.39. The lowest BCUT2D eigenvalue weighted by Crippen LogP contribution is -2.27. The first kappa shape index (κ1) is 20.8. The molecule has 34 heavy (non-hydrogen) atoms. The van der Waals surface area contributed by atoms with Gasteiger partial charge in [0.1, 0.15) is 5.82 Å². The van der Waals surface area contributed by atoms with Crippen LogP contribution in [0.4, 0.5) is 5.82 Å². The first-order valence-corrected chi connectivity index (χ1v) is 11.9. The molecule has 170 valence electrons. The number of aryl methyl sites for hydroxylation is 1. The predicted molar refractivity (Wildman–Crippen MR) is 133 cm³/mol. The average Bonchev–Trinajstić information content (AvgIpc) is 3.43. The maximum Gasteiger partial charge on any atom is 0.147 e. The summed E-state index contributed by atoms with van der Waals surface area (Å²) in [6.07, 6.45) is 6.32. The minimum Gasteiger partial charge on any atom is -0.355 e. The fourth-order valence-electron chi connectivity index (χ4n) is 5.39. The molecule has 4 heterocycles. The van der Waals surface area contributed by atoms with Crippen molar-refractivity contribution in [3.63, 3.8) is 0 Å². The van der Waals surface area contributed by atoms with E-state index in [2.05, 4.69) is 33.5 Å². The lowest BCUT2D eigenvalue weighted by molar-refractivity contribution is 0.409. The van der Waals surface area contributed by atoms with Gasteiger partial charge in [0.15, 0.2) is 0 Å². The summed E-state index contributed by atoms with van der Waals surface area (Å²) in [5.41, 5.74) is 5.26. The van der Waals surface area contributed by atoms with Crippen molar-refractivity contribution in [1.29, 1.82) is 5.26 Å². The van der Waals surface area contributed by atoms with Gasteiger partial charge in [0.2, 0.25) is 0 Å². The number of nitrogens with zero attached hydrogens (tertiary/aromatic N) is 6. The van der Waals surface area contributed by atoms with Crippen LogP contribution >= 0.6 is 0 Å². The van der Waals surface area contributed by atoms with Crippen molar-refractivity contribution in [2.45, 2.75) is 12.8 Å². The number of hydrogen-bond donors (Lipinski definition) is 1. The molecule has 2 aliphatic rings. The van der Waals surface area contributed by atoms with E-state index < -0.39 is 0 Å². The monoisotopic (exact) mass is 449 g/mol. The molecule has 7 nitrogen and oxygen atoms in total. The topological polar surface area (TPSA) is 82.7 Å². The Bertz CT molecular complexity index is 1370. The number of fused-ring (bicyclic) bond motifs is 2. The maximum atomic E-state index is 9.25. The fraction of sp³-hybridized carbons (Fsp3) is 0.333. The normalized spacial score (nSPS) is 20.2. The highest BCUT2D eigenvalue weighted by Crippen LogP contribution is 2.34. The standard InChI is InChI=1S/C27H27N7/c1-33-17-23-12-20(6-7-24(23)32-33)26-27(19-4-2-18(13-28)3-5-19)31-25(16-30-26)34-10-8-21-14-29-15-22(21)9-11-34/h2-7,12,16-17,21-22,29H,8-11,14-15H2,1H3/t21-,22+. The Morgan fingerprint density at radius 2 is 1.71 bits per heavy atom. The third-order valence-electron chi connectivity index (χ3n) is 7.28. The second-order valence-electron chi connectivity index (χ2n) is 9.43. The molecule has 2 fully saturated rings. The molecule has 0 spiro atoms. The number of nitriles is 1. The second-order valence-corrected chi connectivity index (χ2v) is 9.43. The lowest BCUT2D eigenvalue weighted by Gasteiger charge is -2.23. The number of nitrogens with one attached hydrogen (secondary N) is 1. The summed E-state index contributed by atoms with van der Waals surface area (Å²) in [6.45, 7) is 4.28. The highest BCUT2D eigenvalue weighted by atomic mass is 15.2. The molecule has 2 atom stereocenters. The van der Waals surface area contributed by atoms with Crippen LogP contribution in [-0.4, -0.2) is 45.9 Å². The molecule has 1 N–H and O–H groups in total. The molecule has 0 aliphatic carbocycles. The van der Waals surface area contributed by atoms with E-state index in [9.17, 15) is 5.26 Å². The zero-order valence-electron chi connectivity index (χ0n) is 19.3. The number of hydrogen-bond acceptors (Lipinski definition) is 6.